The van der Waals surface area contributed by atoms with Gasteiger partial charge in [-0.1, -0.05) is 161 Å². The van der Waals surface area contributed by atoms with Crippen molar-refractivity contribution in [2.75, 3.05) is 0 Å². The van der Waals surface area contributed by atoms with Crippen LogP contribution in [0.5, 0.6) is 0 Å². The fourth-order valence-electron chi connectivity index (χ4n) is 9.22. The Balaban J connectivity index is 2.69. The van der Waals surface area contributed by atoms with Gasteiger partial charge in [-0.2, -0.15) is 0 Å². The van der Waals surface area contributed by atoms with Gasteiger partial charge in [0.2, 0.25) is 8.32 Å². The van der Waals surface area contributed by atoms with Crippen molar-refractivity contribution in [2.45, 2.75) is 120 Å². The third kappa shape index (κ3) is 6.63. The van der Waals surface area contributed by atoms with Crippen molar-refractivity contribution in [2.24, 2.45) is 10.8 Å². The lowest BCUT2D eigenvalue weighted by Gasteiger charge is -2.61. The van der Waals surface area contributed by atoms with E-state index in [1.165, 1.54) is 11.1 Å². The minimum absolute atomic E-state index is 0.172. The molecule has 0 unspecified atom stereocenters. The molecule has 0 aromatic heterocycles. The Kier molecular flexibility index (Phi) is 10.0. The molecule has 0 fully saturated rings. The molecule has 1 aliphatic heterocycles. The van der Waals surface area contributed by atoms with Gasteiger partial charge in [-0.05, 0) is 41.2 Å². The second kappa shape index (κ2) is 11.8. The zero-order chi connectivity index (χ0) is 33.9. The van der Waals surface area contributed by atoms with Crippen molar-refractivity contribution >= 4 is 55.5 Å². The van der Waals surface area contributed by atoms with E-state index in [0.29, 0.717) is 0 Å². The molecule has 2 aromatic rings. The molecule has 1 aliphatic rings. The summed E-state index contributed by atoms with van der Waals surface area (Å²) in [5, 5.41) is 3.21. The summed E-state index contributed by atoms with van der Waals surface area (Å²) in [6.07, 6.45) is -2.13. The molecule has 0 saturated heterocycles. The van der Waals surface area contributed by atoms with Crippen LogP contribution < -0.4 is 0 Å². The zero-order valence-electron chi connectivity index (χ0n) is 31.6. The molecule has 0 amide bonds. The molecular weight excluding hydrogens is 633 g/mol. The maximum Gasteiger partial charge on any atom is 0.290 e. The summed E-state index contributed by atoms with van der Waals surface area (Å²) >= 11 is 0. The molecule has 0 radical (unpaired) electrons. The number of benzene rings is 2. The van der Waals surface area contributed by atoms with Gasteiger partial charge >= 0.3 is 0 Å². The van der Waals surface area contributed by atoms with E-state index in [4.69, 9.17) is 8.85 Å². The molecule has 0 spiro atoms. The maximum atomic E-state index is 8.43. The summed E-state index contributed by atoms with van der Waals surface area (Å²) in [5.74, 6) is 2.22. The van der Waals surface area contributed by atoms with Gasteiger partial charge in [-0.3, -0.25) is 0 Å². The van der Waals surface area contributed by atoms with E-state index < -0.39 is 45.1 Å². The average molecular weight is 697 g/mol. The van der Waals surface area contributed by atoms with Crippen molar-refractivity contribution in [1.29, 1.82) is 0 Å². The number of hydrogen-bond acceptors (Lipinski definition) is 2. The first-order valence-electron chi connectivity index (χ1n) is 16.6. The normalized spacial score (nSPS) is 17.3. The van der Waals surface area contributed by atoms with E-state index in [1.54, 1.807) is 10.4 Å². The highest BCUT2D eigenvalue weighted by Crippen LogP contribution is 2.66. The highest BCUT2D eigenvalue weighted by atomic mass is 30.2. The van der Waals surface area contributed by atoms with Crippen LogP contribution in [0.1, 0.15) is 52.7 Å². The summed E-state index contributed by atoms with van der Waals surface area (Å²) < 4.78 is 15.6. The third-order valence-corrected chi connectivity index (χ3v) is 116. The summed E-state index contributed by atoms with van der Waals surface area (Å²) in [6, 6.07) is 22.8. The molecule has 0 bridgehead atoms. The lowest BCUT2D eigenvalue weighted by atomic mass is 9.85. The number of allylic oxidation sites excluding steroid dienone is 2. The molecule has 244 valence electrons. The van der Waals surface area contributed by atoms with Crippen LogP contribution in [0.4, 0.5) is 0 Å². The van der Waals surface area contributed by atoms with Crippen molar-refractivity contribution in [1.82, 2.24) is 0 Å². The fraction of sp³-hybridized carbons (Fsp3) is 0.556. The Bertz CT molecular complexity index is 1300. The summed E-state index contributed by atoms with van der Waals surface area (Å²) in [7, 11) is -10.0. The lowest BCUT2D eigenvalue weighted by molar-refractivity contribution is 0.207. The molecule has 3 rings (SSSR count). The summed E-state index contributed by atoms with van der Waals surface area (Å²) in [5.41, 5.74) is 2.41. The molecule has 1 heterocycles. The molecular formula is C36H64O2Si6. The second-order valence-corrected chi connectivity index (χ2v) is 74.7. The maximum absolute atomic E-state index is 8.43. The Morgan fingerprint density at radius 3 is 1.07 bits per heavy atom. The molecule has 0 aliphatic carbocycles. The standard InChI is InChI=1S/C36H64O2Si6/c1-35(2,3)33(37-39(7,8)9)34(36(4,5)6)38-43(44(40(10,11)12,41(13,14)15)42(16,17)18)31(29-25-21-19-22-26-29)32(43)30-27-23-20-24-28-30/h19-28H,1-18H3/b34-33+. The van der Waals surface area contributed by atoms with Crippen molar-refractivity contribution in [3.8, 4) is 0 Å². The van der Waals surface area contributed by atoms with Crippen LogP contribution in [0.3, 0.4) is 0 Å². The minimum atomic E-state index is -2.73. The van der Waals surface area contributed by atoms with Gasteiger partial charge in [0, 0.05) is 33.6 Å². The van der Waals surface area contributed by atoms with Crippen LogP contribution in [0, 0.1) is 10.8 Å². The van der Waals surface area contributed by atoms with E-state index >= 15 is 0 Å². The Morgan fingerprint density at radius 2 is 0.818 bits per heavy atom. The zero-order valence-corrected chi connectivity index (χ0v) is 37.6. The molecule has 8 heteroatoms. The van der Waals surface area contributed by atoms with Crippen LogP contribution in [-0.2, 0) is 8.85 Å². The van der Waals surface area contributed by atoms with Crippen LogP contribution in [0.25, 0.3) is 10.4 Å². The Hall–Kier alpha value is -1.18. The quantitative estimate of drug-likeness (QED) is 0.182. The minimum Gasteiger partial charge on any atom is -0.545 e. The van der Waals surface area contributed by atoms with Crippen LogP contribution in [0.2, 0.25) is 78.6 Å². The summed E-state index contributed by atoms with van der Waals surface area (Å²) in [4.78, 5) is 0. The van der Waals surface area contributed by atoms with Gasteiger partial charge in [0.1, 0.15) is 11.5 Å². The van der Waals surface area contributed by atoms with Crippen LogP contribution in [0.15, 0.2) is 72.2 Å². The van der Waals surface area contributed by atoms with Crippen molar-refractivity contribution in [3.63, 3.8) is 0 Å². The molecule has 0 N–H and O–H groups in total. The first-order valence-corrected chi connectivity index (χ1v) is 38.5. The fourth-order valence-corrected chi connectivity index (χ4v) is 156. The van der Waals surface area contributed by atoms with E-state index in [9.17, 15) is 0 Å². The van der Waals surface area contributed by atoms with E-state index in [2.05, 4.69) is 181 Å². The first-order chi connectivity index (χ1) is 19.6. The smallest absolute Gasteiger partial charge is 0.290 e. The molecule has 2 nitrogen and oxygen atoms in total. The van der Waals surface area contributed by atoms with Gasteiger partial charge in [0.05, 0.1) is 6.14 Å². The highest BCUT2D eigenvalue weighted by molar-refractivity contribution is 8.10. The molecule has 44 heavy (non-hydrogen) atoms. The molecule has 0 saturated carbocycles. The van der Waals surface area contributed by atoms with Crippen LogP contribution >= 0.6 is 0 Å². The van der Waals surface area contributed by atoms with Crippen LogP contribution in [-0.4, -0.2) is 45.1 Å². The van der Waals surface area contributed by atoms with Gasteiger partial charge in [-0.15, -0.1) is 0 Å². The van der Waals surface area contributed by atoms with Crippen molar-refractivity contribution < 1.29 is 8.85 Å². The monoisotopic (exact) mass is 696 g/mol. The SMILES string of the molecule is CC(C)(C)/C(O[Si](C)(C)C)=C(\O[Si]1([Si]([Si](C)(C)C)([Si](C)(C)C)[Si](C)(C)C)C(c2ccccc2)=C1c1ccccc1)C(C)(C)C. The van der Waals surface area contributed by atoms with Gasteiger partial charge in [0.15, 0.2) is 0 Å². The van der Waals surface area contributed by atoms with Gasteiger partial charge in [0.25, 0.3) is 7.83 Å². The predicted molar refractivity (Wildman–Crippen MR) is 213 cm³/mol. The van der Waals surface area contributed by atoms with E-state index in [-0.39, 0.29) is 10.8 Å². The highest BCUT2D eigenvalue weighted by Gasteiger charge is 2.83. The first kappa shape index (κ1) is 37.3. The largest absolute Gasteiger partial charge is 0.545 e. The van der Waals surface area contributed by atoms with Crippen molar-refractivity contribution in [3.05, 3.63) is 83.3 Å². The summed E-state index contributed by atoms with van der Waals surface area (Å²) in [6.45, 7) is 45.6. The van der Waals surface area contributed by atoms with Gasteiger partial charge < -0.3 is 8.85 Å². The Labute approximate surface area is 277 Å². The number of rotatable bonds is 10. The Morgan fingerprint density at radius 1 is 0.500 bits per heavy atom. The molecule has 2 aromatic carbocycles. The topological polar surface area (TPSA) is 18.5 Å². The van der Waals surface area contributed by atoms with E-state index in [0.717, 1.165) is 11.5 Å². The average Bonchev–Trinajstić information content (AvgIpc) is 3.46. The molecule has 0 atom stereocenters. The third-order valence-electron chi connectivity index (χ3n) is 9.15. The second-order valence-electron chi connectivity index (χ2n) is 19.1. The predicted octanol–water partition coefficient (Wildman–Crippen LogP) is 11.6. The lowest BCUT2D eigenvalue weighted by Crippen LogP contribution is -2.92. The van der Waals surface area contributed by atoms with Gasteiger partial charge in [-0.25, -0.2) is 0 Å². The van der Waals surface area contributed by atoms with E-state index in [1.807, 2.05) is 0 Å². The number of hydrogen-bond donors (Lipinski definition) is 0.